The maximum Gasteiger partial charge on any atom is 0.428 e. The van der Waals surface area contributed by atoms with Crippen molar-refractivity contribution in [1.82, 2.24) is 0 Å². The van der Waals surface area contributed by atoms with Crippen molar-refractivity contribution >= 4 is 23.9 Å². The van der Waals surface area contributed by atoms with Crippen LogP contribution in [0.25, 0.3) is 0 Å². The molecule has 4 aliphatic carbocycles. The van der Waals surface area contributed by atoms with E-state index in [2.05, 4.69) is 0 Å². The van der Waals surface area contributed by atoms with Crippen LogP contribution in [0, 0.1) is 28.1 Å². The smallest absolute Gasteiger partial charge is 0.428 e. The van der Waals surface area contributed by atoms with Gasteiger partial charge in [-0.25, -0.2) is 4.79 Å². The van der Waals surface area contributed by atoms with Crippen LogP contribution in [-0.4, -0.2) is 64.7 Å². The van der Waals surface area contributed by atoms with Gasteiger partial charge >= 0.3 is 30.1 Å². The third kappa shape index (κ3) is 11.8. The second kappa shape index (κ2) is 17.4. The zero-order chi connectivity index (χ0) is 40.0. The van der Waals surface area contributed by atoms with Crippen LogP contribution in [0.15, 0.2) is 0 Å². The molecule has 5 fully saturated rings. The largest absolute Gasteiger partial charge is 0.463 e. The van der Waals surface area contributed by atoms with E-state index in [0.29, 0.717) is 57.0 Å². The van der Waals surface area contributed by atoms with Gasteiger partial charge in [-0.3, -0.25) is 14.4 Å². The number of hydrogen-bond acceptors (Lipinski definition) is 9. The van der Waals surface area contributed by atoms with Crippen LogP contribution in [-0.2, 0) is 38.1 Å². The molecule has 0 aromatic carbocycles. The van der Waals surface area contributed by atoms with Crippen LogP contribution in [0.5, 0.6) is 0 Å². The van der Waals surface area contributed by atoms with E-state index in [9.17, 15) is 37.5 Å². The van der Waals surface area contributed by atoms with Gasteiger partial charge in [0.25, 0.3) is 0 Å². The standard InChI is InChI=1S/C16H26O3.C14H25F3O2.C10H16O4/c1-4-14(2,3)13(17)19-16-8-11-5-12(9-16)7-15(18,6-11)10-16;1-6-8-9-10-13(5,14(15,16)17)19-11(18)12(3,4)7-2;1-4-10(2,3)9(12)14-7-5-6-13-8(7)11/h11-12,18H,4-10H2,1-3H3;6-10H2,1-5H3;7H,4-6H2,1-3H3. The fraction of sp³-hybridized carbons (Fsp3) is 0.900. The van der Waals surface area contributed by atoms with Gasteiger partial charge in [0.15, 0.2) is 0 Å². The zero-order valence-corrected chi connectivity index (χ0v) is 33.7. The number of alkyl halides is 3. The molecule has 0 aromatic rings. The first kappa shape index (κ1) is 45.8. The average molecular weight is 749 g/mol. The number of ether oxygens (including phenoxy) is 4. The molecule has 0 spiro atoms. The Balaban J connectivity index is 0.000000274. The highest BCUT2D eigenvalue weighted by Crippen LogP contribution is 2.59. The molecule has 12 heteroatoms. The topological polar surface area (TPSA) is 125 Å². The highest BCUT2D eigenvalue weighted by atomic mass is 19.4. The van der Waals surface area contributed by atoms with Crippen molar-refractivity contribution in [3.05, 3.63) is 0 Å². The van der Waals surface area contributed by atoms with E-state index in [1.165, 1.54) is 6.42 Å². The Morgan fingerprint density at radius 1 is 0.788 bits per heavy atom. The highest BCUT2D eigenvalue weighted by molar-refractivity contribution is 5.82. The van der Waals surface area contributed by atoms with Crippen molar-refractivity contribution < 1.29 is 56.4 Å². The molecule has 1 N–H and O–H groups in total. The van der Waals surface area contributed by atoms with Crippen LogP contribution < -0.4 is 0 Å². The van der Waals surface area contributed by atoms with Gasteiger partial charge in [0.2, 0.25) is 11.7 Å². The molecule has 4 unspecified atom stereocenters. The van der Waals surface area contributed by atoms with Gasteiger partial charge in [0, 0.05) is 12.8 Å². The summed E-state index contributed by atoms with van der Waals surface area (Å²) >= 11 is 0. The van der Waals surface area contributed by atoms with Crippen LogP contribution in [0.1, 0.15) is 166 Å². The summed E-state index contributed by atoms with van der Waals surface area (Å²) in [5.74, 6) is -0.506. The Labute approximate surface area is 309 Å². The molecular formula is C40H67F3O9. The third-order valence-corrected chi connectivity index (χ3v) is 11.9. The lowest BCUT2D eigenvalue weighted by Crippen LogP contribution is -2.61. The number of aliphatic hydroxyl groups is 1. The Bertz CT molecular complexity index is 1230. The van der Waals surface area contributed by atoms with Crippen molar-refractivity contribution in [2.75, 3.05) is 6.61 Å². The summed E-state index contributed by atoms with van der Waals surface area (Å²) < 4.78 is 59.9. The Morgan fingerprint density at radius 3 is 1.71 bits per heavy atom. The van der Waals surface area contributed by atoms with E-state index >= 15 is 0 Å². The van der Waals surface area contributed by atoms with Crippen molar-refractivity contribution in [2.24, 2.45) is 28.1 Å². The predicted molar refractivity (Wildman–Crippen MR) is 191 cm³/mol. The monoisotopic (exact) mass is 748 g/mol. The van der Waals surface area contributed by atoms with Gasteiger partial charge < -0.3 is 24.1 Å². The summed E-state index contributed by atoms with van der Waals surface area (Å²) in [6.07, 6.45) is 4.55. The highest BCUT2D eigenvalue weighted by Gasteiger charge is 2.60. The molecule has 1 aliphatic heterocycles. The lowest BCUT2D eigenvalue weighted by atomic mass is 9.52. The van der Waals surface area contributed by atoms with Gasteiger partial charge in [0.1, 0.15) is 5.60 Å². The maximum atomic E-state index is 13.1. The van der Waals surface area contributed by atoms with Gasteiger partial charge in [-0.15, -0.1) is 0 Å². The van der Waals surface area contributed by atoms with E-state index in [1.54, 1.807) is 34.6 Å². The van der Waals surface area contributed by atoms with Gasteiger partial charge in [-0.1, -0.05) is 40.5 Å². The number of hydrogen-bond donors (Lipinski definition) is 1. The van der Waals surface area contributed by atoms with Gasteiger partial charge in [-0.05, 0) is 125 Å². The minimum Gasteiger partial charge on any atom is -0.463 e. The Morgan fingerprint density at radius 2 is 1.29 bits per heavy atom. The molecular weight excluding hydrogens is 681 g/mol. The van der Waals surface area contributed by atoms with E-state index in [-0.39, 0.29) is 24.0 Å². The van der Waals surface area contributed by atoms with Crippen molar-refractivity contribution in [1.29, 1.82) is 0 Å². The van der Waals surface area contributed by atoms with Crippen LogP contribution >= 0.6 is 0 Å². The molecule has 0 radical (unpaired) electrons. The Hall–Kier alpha value is -2.37. The van der Waals surface area contributed by atoms with Gasteiger partial charge in [-0.2, -0.15) is 13.2 Å². The molecule has 1 saturated heterocycles. The maximum absolute atomic E-state index is 13.1. The number of halogens is 3. The Kier molecular flexibility index (Phi) is 15.3. The minimum absolute atomic E-state index is 0.0828. The first-order valence-corrected chi connectivity index (χ1v) is 19.4. The van der Waals surface area contributed by atoms with Crippen LogP contribution in [0.4, 0.5) is 13.2 Å². The lowest BCUT2D eigenvalue weighted by Gasteiger charge is -2.59. The van der Waals surface area contributed by atoms with E-state index in [0.717, 1.165) is 45.4 Å². The third-order valence-electron chi connectivity index (χ3n) is 11.9. The number of cyclic esters (lactones) is 1. The van der Waals surface area contributed by atoms with Crippen LogP contribution in [0.2, 0.25) is 0 Å². The molecule has 1 heterocycles. The first-order valence-electron chi connectivity index (χ1n) is 19.4. The van der Waals surface area contributed by atoms with Crippen molar-refractivity contribution in [3.8, 4) is 0 Å². The molecule has 9 nitrogen and oxygen atoms in total. The lowest BCUT2D eigenvalue weighted by molar-refractivity contribution is -0.269. The van der Waals surface area contributed by atoms with Gasteiger partial charge in [0.05, 0.1) is 28.5 Å². The molecule has 4 atom stereocenters. The van der Waals surface area contributed by atoms with E-state index < -0.39 is 51.7 Å². The summed E-state index contributed by atoms with van der Waals surface area (Å²) in [6.45, 7) is 19.6. The normalized spacial score (nSPS) is 28.0. The number of carbonyl (C=O) groups is 4. The fourth-order valence-corrected chi connectivity index (χ4v) is 7.20. The summed E-state index contributed by atoms with van der Waals surface area (Å²) in [7, 11) is 0. The molecule has 0 aromatic heterocycles. The molecule has 5 aliphatic rings. The molecule has 52 heavy (non-hydrogen) atoms. The second-order valence-electron chi connectivity index (χ2n) is 17.9. The molecule has 302 valence electrons. The second-order valence-corrected chi connectivity index (χ2v) is 17.9. The van der Waals surface area contributed by atoms with E-state index in [4.69, 9.17) is 18.9 Å². The van der Waals surface area contributed by atoms with Crippen molar-refractivity contribution in [3.63, 3.8) is 0 Å². The quantitative estimate of drug-likeness (QED) is 0.112. The average Bonchev–Trinajstić information content (AvgIpc) is 3.43. The summed E-state index contributed by atoms with van der Waals surface area (Å²) in [6, 6.07) is 0. The molecule has 4 bridgehead atoms. The number of rotatable bonds is 13. The summed E-state index contributed by atoms with van der Waals surface area (Å²) in [5, 5.41) is 10.6. The van der Waals surface area contributed by atoms with Crippen molar-refractivity contribution in [2.45, 2.75) is 195 Å². The molecule has 0 amide bonds. The van der Waals surface area contributed by atoms with Crippen LogP contribution in [0.3, 0.4) is 0 Å². The predicted octanol–water partition coefficient (Wildman–Crippen LogP) is 9.20. The zero-order valence-electron chi connectivity index (χ0n) is 33.7. The fourth-order valence-electron chi connectivity index (χ4n) is 7.20. The first-order chi connectivity index (χ1) is 23.7. The number of carbonyl (C=O) groups excluding carboxylic acids is 4. The number of unbranched alkanes of at least 4 members (excludes halogenated alkanes) is 2. The minimum atomic E-state index is -4.54. The molecule has 5 rings (SSSR count). The molecule has 4 saturated carbocycles. The number of esters is 4. The summed E-state index contributed by atoms with van der Waals surface area (Å²) in [4.78, 5) is 46.8. The SMILES string of the molecule is CCC(C)(C)C(=O)OC12CC3CC(CC(O)(C3)C1)C2.CCC(C)(C)C(=O)OC1CCOC1=O.CCCCCC(C)(OC(=O)C(C)(C)CC)C(F)(F)F. The van der Waals surface area contributed by atoms with E-state index in [1.807, 2.05) is 34.6 Å². The summed E-state index contributed by atoms with van der Waals surface area (Å²) in [5.41, 5.74) is -5.12.